The first-order valence-corrected chi connectivity index (χ1v) is 8.09. The molecule has 20 heavy (non-hydrogen) atoms. The summed E-state index contributed by atoms with van der Waals surface area (Å²) in [4.78, 5) is 0. The summed E-state index contributed by atoms with van der Waals surface area (Å²) < 4.78 is 7.43. The smallest absolute Gasteiger partial charge is 0.125 e. The number of hydrogen-bond acceptors (Lipinski definition) is 2. The van der Waals surface area contributed by atoms with E-state index >= 15 is 0 Å². The third-order valence-corrected chi connectivity index (χ3v) is 4.71. The summed E-state index contributed by atoms with van der Waals surface area (Å²) in [7, 11) is 1.64. The molecule has 0 aliphatic heterocycles. The molecule has 1 atom stereocenters. The zero-order chi connectivity index (χ0) is 14.9. The van der Waals surface area contributed by atoms with Gasteiger partial charge in [0.15, 0.2) is 0 Å². The number of ether oxygens (including phenoxy) is 1. The molecule has 0 radical (unpaired) electrons. The fourth-order valence-corrected chi connectivity index (χ4v) is 3.35. The third-order valence-electron chi connectivity index (χ3n) is 3.24. The number of aliphatic hydroxyl groups excluding tert-OH is 1. The minimum absolute atomic E-state index is 0.699. The Balaban J connectivity index is 2.58. The van der Waals surface area contributed by atoms with Crippen LogP contribution in [0.3, 0.4) is 0 Å². The van der Waals surface area contributed by atoms with E-state index in [0.29, 0.717) is 0 Å². The maximum Gasteiger partial charge on any atom is 0.125 e. The molecule has 4 heteroatoms. The molecule has 0 fully saturated rings. The molecule has 0 saturated carbocycles. The van der Waals surface area contributed by atoms with Gasteiger partial charge in [0.2, 0.25) is 0 Å². The van der Waals surface area contributed by atoms with E-state index in [1.807, 2.05) is 38.1 Å². The van der Waals surface area contributed by atoms with Crippen molar-refractivity contribution in [3.8, 4) is 5.75 Å². The lowest BCUT2D eigenvalue weighted by atomic mass is 9.95. The van der Waals surface area contributed by atoms with Crippen molar-refractivity contribution in [1.29, 1.82) is 0 Å². The summed E-state index contributed by atoms with van der Waals surface area (Å²) in [5.41, 5.74) is 3.86. The monoisotopic (exact) mass is 446 g/mol. The van der Waals surface area contributed by atoms with Gasteiger partial charge in [-0.1, -0.05) is 22.0 Å². The number of hydrogen-bond donors (Lipinski definition) is 1. The normalized spacial score (nSPS) is 12.3. The predicted molar refractivity (Wildman–Crippen MR) is 93.4 cm³/mol. The van der Waals surface area contributed by atoms with Gasteiger partial charge in [-0.15, -0.1) is 0 Å². The van der Waals surface area contributed by atoms with Crippen LogP contribution in [0.2, 0.25) is 0 Å². The van der Waals surface area contributed by atoms with Crippen molar-refractivity contribution >= 4 is 38.5 Å². The van der Waals surface area contributed by atoms with E-state index in [2.05, 4.69) is 44.6 Å². The van der Waals surface area contributed by atoms with E-state index in [-0.39, 0.29) is 0 Å². The van der Waals surface area contributed by atoms with Crippen molar-refractivity contribution in [1.82, 2.24) is 0 Å². The molecule has 0 spiro atoms. The number of halogens is 2. The van der Waals surface area contributed by atoms with E-state index in [9.17, 15) is 5.11 Å². The maximum atomic E-state index is 10.8. The lowest BCUT2D eigenvalue weighted by Gasteiger charge is -2.20. The molecule has 2 aromatic carbocycles. The second kappa shape index (κ2) is 6.45. The topological polar surface area (TPSA) is 29.5 Å². The Labute approximate surface area is 141 Å². The van der Waals surface area contributed by atoms with Crippen LogP contribution >= 0.6 is 38.5 Å². The first-order valence-electron chi connectivity index (χ1n) is 6.22. The Morgan fingerprint density at radius 1 is 1.20 bits per heavy atom. The summed E-state index contributed by atoms with van der Waals surface area (Å²) in [6.45, 7) is 4.02. The lowest BCUT2D eigenvalue weighted by Crippen LogP contribution is -2.07. The van der Waals surface area contributed by atoms with Crippen molar-refractivity contribution in [3.63, 3.8) is 0 Å². The Bertz CT molecular complexity index is 641. The highest BCUT2D eigenvalue weighted by Gasteiger charge is 2.20. The predicted octanol–water partition coefficient (Wildman–Crippen LogP) is 4.76. The van der Waals surface area contributed by atoms with E-state index in [1.54, 1.807) is 7.11 Å². The third kappa shape index (κ3) is 3.18. The highest BCUT2D eigenvalue weighted by molar-refractivity contribution is 14.1. The minimum atomic E-state index is -0.699. The van der Waals surface area contributed by atoms with Gasteiger partial charge in [0.25, 0.3) is 0 Å². The fraction of sp³-hybridized carbons (Fsp3) is 0.250. The van der Waals surface area contributed by atoms with Gasteiger partial charge in [0.1, 0.15) is 11.9 Å². The van der Waals surface area contributed by atoms with Crippen LogP contribution in [0, 0.1) is 17.4 Å². The van der Waals surface area contributed by atoms with Crippen LogP contribution in [0.25, 0.3) is 0 Å². The van der Waals surface area contributed by atoms with Crippen LogP contribution < -0.4 is 4.74 Å². The van der Waals surface area contributed by atoms with Gasteiger partial charge in [-0.3, -0.25) is 0 Å². The molecule has 1 unspecified atom stereocenters. The highest BCUT2D eigenvalue weighted by Crippen LogP contribution is 2.36. The molecule has 0 amide bonds. The highest BCUT2D eigenvalue weighted by atomic mass is 127. The molecular formula is C16H16BrIO2. The second-order valence-corrected chi connectivity index (χ2v) is 6.84. The van der Waals surface area contributed by atoms with E-state index in [4.69, 9.17) is 4.74 Å². The Morgan fingerprint density at radius 2 is 1.90 bits per heavy atom. The Hall–Kier alpha value is -0.590. The SMILES string of the molecule is COc1cc(C)cc(C)c1C(O)c1cc(Br)ccc1I. The van der Waals surface area contributed by atoms with Crippen molar-refractivity contribution in [2.24, 2.45) is 0 Å². The van der Waals surface area contributed by atoms with Gasteiger partial charge in [0, 0.05) is 13.6 Å². The summed E-state index contributed by atoms with van der Waals surface area (Å²) >= 11 is 5.70. The first-order chi connectivity index (χ1) is 9.43. The first kappa shape index (κ1) is 15.8. The molecule has 106 valence electrons. The summed E-state index contributed by atoms with van der Waals surface area (Å²) in [5.74, 6) is 0.728. The summed E-state index contributed by atoms with van der Waals surface area (Å²) in [6.07, 6.45) is -0.699. The summed E-state index contributed by atoms with van der Waals surface area (Å²) in [5, 5.41) is 10.8. The van der Waals surface area contributed by atoms with Crippen LogP contribution in [0.5, 0.6) is 5.75 Å². The lowest BCUT2D eigenvalue weighted by molar-refractivity contribution is 0.213. The molecule has 0 aliphatic rings. The zero-order valence-corrected chi connectivity index (χ0v) is 15.3. The average Bonchev–Trinajstić information content (AvgIpc) is 2.40. The quantitative estimate of drug-likeness (QED) is 0.688. The van der Waals surface area contributed by atoms with Gasteiger partial charge >= 0.3 is 0 Å². The van der Waals surface area contributed by atoms with Gasteiger partial charge in [-0.25, -0.2) is 0 Å². The minimum Gasteiger partial charge on any atom is -0.496 e. The van der Waals surface area contributed by atoms with Gasteiger partial charge in [0.05, 0.1) is 7.11 Å². The largest absolute Gasteiger partial charge is 0.496 e. The molecular weight excluding hydrogens is 431 g/mol. The molecule has 0 saturated heterocycles. The van der Waals surface area contributed by atoms with E-state index in [0.717, 1.165) is 36.0 Å². The van der Waals surface area contributed by atoms with Crippen LogP contribution in [0.15, 0.2) is 34.8 Å². The van der Waals surface area contributed by atoms with Crippen molar-refractivity contribution < 1.29 is 9.84 Å². The number of methoxy groups -OCH3 is 1. The van der Waals surface area contributed by atoms with Crippen molar-refractivity contribution in [3.05, 3.63) is 60.6 Å². The van der Waals surface area contributed by atoms with Crippen LogP contribution in [-0.4, -0.2) is 12.2 Å². The number of aryl methyl sites for hydroxylation is 2. The second-order valence-electron chi connectivity index (χ2n) is 4.77. The van der Waals surface area contributed by atoms with Crippen molar-refractivity contribution in [2.45, 2.75) is 20.0 Å². The molecule has 1 N–H and O–H groups in total. The fourth-order valence-electron chi connectivity index (χ4n) is 2.34. The van der Waals surface area contributed by atoms with Gasteiger partial charge in [-0.05, 0) is 77.4 Å². The Kier molecular flexibility index (Phi) is 5.09. The average molecular weight is 447 g/mol. The molecule has 0 aliphatic carbocycles. The van der Waals surface area contributed by atoms with Gasteiger partial charge < -0.3 is 9.84 Å². The van der Waals surface area contributed by atoms with Crippen LogP contribution in [-0.2, 0) is 0 Å². The Morgan fingerprint density at radius 3 is 2.55 bits per heavy atom. The van der Waals surface area contributed by atoms with Crippen LogP contribution in [0.4, 0.5) is 0 Å². The standard InChI is InChI=1S/C16H16BrIO2/c1-9-6-10(2)15(14(7-9)20-3)16(19)12-8-11(17)4-5-13(12)18/h4-8,16,19H,1-3H3. The number of aliphatic hydroxyl groups is 1. The van der Waals surface area contributed by atoms with Crippen LogP contribution in [0.1, 0.15) is 28.4 Å². The van der Waals surface area contributed by atoms with E-state index < -0.39 is 6.10 Å². The van der Waals surface area contributed by atoms with Gasteiger partial charge in [-0.2, -0.15) is 0 Å². The number of rotatable bonds is 3. The molecule has 2 nitrogen and oxygen atoms in total. The number of benzene rings is 2. The molecule has 0 aromatic heterocycles. The molecule has 0 heterocycles. The zero-order valence-electron chi connectivity index (χ0n) is 11.6. The molecule has 2 aromatic rings. The maximum absolute atomic E-state index is 10.8. The molecule has 0 bridgehead atoms. The molecule has 2 rings (SSSR count). The van der Waals surface area contributed by atoms with E-state index in [1.165, 1.54) is 0 Å². The van der Waals surface area contributed by atoms with Crippen molar-refractivity contribution in [2.75, 3.05) is 7.11 Å². The summed E-state index contributed by atoms with van der Waals surface area (Å²) in [6, 6.07) is 9.92.